The molecule has 0 saturated heterocycles. The first-order chi connectivity index (χ1) is 7.97. The number of aliphatic hydroxyl groups excluding tert-OH is 1. The highest BCUT2D eigenvalue weighted by Crippen LogP contribution is 2.29. The molecule has 0 atom stereocenters. The van der Waals surface area contributed by atoms with Crippen LogP contribution in [-0.4, -0.2) is 36.1 Å². The molecule has 0 fully saturated rings. The number of benzene rings is 1. The average molecular weight is 277 g/mol. The molecule has 0 aliphatic rings. The number of nitrogens with two attached hydrogens (primary N) is 1. The van der Waals surface area contributed by atoms with E-state index < -0.39 is 0 Å². The Morgan fingerprint density at radius 2 is 1.94 bits per heavy atom. The SMILES string of the molecule is CN(CCCO)C(=O)c1cc(Cl)c(N)c(Cl)c1. The maximum atomic E-state index is 12.0. The van der Waals surface area contributed by atoms with Crippen LogP contribution in [0.3, 0.4) is 0 Å². The van der Waals surface area contributed by atoms with Gasteiger partial charge in [-0.25, -0.2) is 0 Å². The fraction of sp³-hybridized carbons (Fsp3) is 0.364. The predicted molar refractivity (Wildman–Crippen MR) is 69.5 cm³/mol. The van der Waals surface area contributed by atoms with Gasteiger partial charge in [-0.05, 0) is 18.6 Å². The Morgan fingerprint density at radius 1 is 1.41 bits per heavy atom. The number of hydrogen-bond acceptors (Lipinski definition) is 3. The zero-order valence-electron chi connectivity index (χ0n) is 9.41. The molecule has 0 aromatic heterocycles. The Labute approximate surface area is 110 Å². The molecule has 17 heavy (non-hydrogen) atoms. The maximum absolute atomic E-state index is 12.0. The highest BCUT2D eigenvalue weighted by Gasteiger charge is 2.14. The minimum atomic E-state index is -0.206. The van der Waals surface area contributed by atoms with Gasteiger partial charge in [0, 0.05) is 25.8 Å². The molecular formula is C11H14Cl2N2O2. The Morgan fingerprint density at radius 3 is 2.41 bits per heavy atom. The first-order valence-corrected chi connectivity index (χ1v) is 5.83. The van der Waals surface area contributed by atoms with Crippen LogP contribution in [0.5, 0.6) is 0 Å². The molecule has 1 amide bonds. The Hall–Kier alpha value is -0.970. The maximum Gasteiger partial charge on any atom is 0.253 e. The fourth-order valence-corrected chi connectivity index (χ4v) is 1.82. The molecule has 0 aliphatic heterocycles. The van der Waals surface area contributed by atoms with Gasteiger partial charge >= 0.3 is 0 Å². The zero-order valence-corrected chi connectivity index (χ0v) is 10.9. The van der Waals surface area contributed by atoms with Crippen LogP contribution in [0.25, 0.3) is 0 Å². The molecule has 0 radical (unpaired) electrons. The summed E-state index contributed by atoms with van der Waals surface area (Å²) in [6.07, 6.45) is 0.526. The van der Waals surface area contributed by atoms with Crippen molar-refractivity contribution in [3.05, 3.63) is 27.7 Å². The number of nitrogen functional groups attached to an aromatic ring is 1. The van der Waals surface area contributed by atoms with Crippen molar-refractivity contribution >= 4 is 34.8 Å². The van der Waals surface area contributed by atoms with Gasteiger partial charge in [-0.2, -0.15) is 0 Å². The summed E-state index contributed by atoms with van der Waals surface area (Å²) in [6, 6.07) is 2.97. The molecule has 4 nitrogen and oxygen atoms in total. The third-order valence-electron chi connectivity index (χ3n) is 2.32. The topological polar surface area (TPSA) is 66.6 Å². The summed E-state index contributed by atoms with van der Waals surface area (Å²) in [7, 11) is 1.65. The smallest absolute Gasteiger partial charge is 0.253 e. The first-order valence-electron chi connectivity index (χ1n) is 5.08. The van der Waals surface area contributed by atoms with Gasteiger partial charge in [0.1, 0.15) is 0 Å². The molecule has 6 heteroatoms. The number of halogens is 2. The molecule has 94 valence electrons. The van der Waals surface area contributed by atoms with Crippen molar-refractivity contribution in [1.82, 2.24) is 4.90 Å². The van der Waals surface area contributed by atoms with Gasteiger partial charge in [-0.3, -0.25) is 4.79 Å². The molecule has 0 bridgehead atoms. The van der Waals surface area contributed by atoms with E-state index >= 15 is 0 Å². The molecule has 1 rings (SSSR count). The van der Waals surface area contributed by atoms with Crippen molar-refractivity contribution in [2.75, 3.05) is 25.9 Å². The fourth-order valence-electron chi connectivity index (χ4n) is 1.34. The summed E-state index contributed by atoms with van der Waals surface area (Å²) in [4.78, 5) is 13.4. The summed E-state index contributed by atoms with van der Waals surface area (Å²) in [5.74, 6) is -0.206. The Balaban J connectivity index is 2.89. The van der Waals surface area contributed by atoms with Crippen molar-refractivity contribution < 1.29 is 9.90 Å². The van der Waals surface area contributed by atoms with Crippen molar-refractivity contribution in [2.45, 2.75) is 6.42 Å². The van der Waals surface area contributed by atoms with E-state index in [9.17, 15) is 4.79 Å². The number of rotatable bonds is 4. The van der Waals surface area contributed by atoms with Crippen LogP contribution in [0.2, 0.25) is 10.0 Å². The molecule has 1 aromatic carbocycles. The summed E-state index contributed by atoms with van der Waals surface area (Å²) in [5.41, 5.74) is 6.24. The second-order valence-corrected chi connectivity index (χ2v) is 4.47. The summed E-state index contributed by atoms with van der Waals surface area (Å²) in [6.45, 7) is 0.510. The van der Waals surface area contributed by atoms with Gasteiger partial charge in [0.15, 0.2) is 0 Å². The van der Waals surface area contributed by atoms with E-state index in [0.29, 0.717) is 18.5 Å². The molecule has 0 aliphatic carbocycles. The highest BCUT2D eigenvalue weighted by atomic mass is 35.5. The number of aliphatic hydroxyl groups is 1. The quantitative estimate of drug-likeness (QED) is 0.827. The minimum Gasteiger partial charge on any atom is -0.396 e. The lowest BCUT2D eigenvalue weighted by atomic mass is 10.2. The van der Waals surface area contributed by atoms with E-state index in [4.69, 9.17) is 34.0 Å². The van der Waals surface area contributed by atoms with Crippen molar-refractivity contribution in [1.29, 1.82) is 0 Å². The Kier molecular flexibility index (Phi) is 5.05. The number of nitrogens with zero attached hydrogens (tertiary/aromatic N) is 1. The van der Waals surface area contributed by atoms with Crippen molar-refractivity contribution in [3.63, 3.8) is 0 Å². The van der Waals surface area contributed by atoms with E-state index in [1.807, 2.05) is 0 Å². The molecule has 0 saturated carbocycles. The second-order valence-electron chi connectivity index (χ2n) is 3.66. The third kappa shape index (κ3) is 3.49. The lowest BCUT2D eigenvalue weighted by Gasteiger charge is -2.17. The van der Waals surface area contributed by atoms with Crippen molar-refractivity contribution in [2.24, 2.45) is 0 Å². The lowest BCUT2D eigenvalue weighted by Crippen LogP contribution is -2.28. The zero-order chi connectivity index (χ0) is 13.0. The van der Waals surface area contributed by atoms with Crippen LogP contribution < -0.4 is 5.73 Å². The summed E-state index contributed by atoms with van der Waals surface area (Å²) < 4.78 is 0. The van der Waals surface area contributed by atoms with Crippen molar-refractivity contribution in [3.8, 4) is 0 Å². The number of carbonyl (C=O) groups excluding carboxylic acids is 1. The summed E-state index contributed by atoms with van der Waals surface area (Å²) in [5, 5.41) is 9.22. The number of anilines is 1. The lowest BCUT2D eigenvalue weighted by molar-refractivity contribution is 0.0786. The monoisotopic (exact) mass is 276 g/mol. The van der Waals surface area contributed by atoms with Crippen LogP contribution in [0.15, 0.2) is 12.1 Å². The van der Waals surface area contributed by atoms with E-state index in [1.54, 1.807) is 7.05 Å². The van der Waals surface area contributed by atoms with Crippen LogP contribution >= 0.6 is 23.2 Å². The standard InChI is InChI=1S/C11H14Cl2N2O2/c1-15(3-2-4-16)11(17)7-5-8(12)10(14)9(13)6-7/h5-6,16H,2-4,14H2,1H3. The molecular weight excluding hydrogens is 263 g/mol. The van der Waals surface area contributed by atoms with Crippen LogP contribution in [0.1, 0.15) is 16.8 Å². The second kappa shape index (κ2) is 6.10. The number of carbonyl (C=O) groups is 1. The summed E-state index contributed by atoms with van der Waals surface area (Å²) >= 11 is 11.7. The normalized spacial score (nSPS) is 10.4. The van der Waals surface area contributed by atoms with Gasteiger partial charge in [0.2, 0.25) is 0 Å². The van der Waals surface area contributed by atoms with E-state index in [0.717, 1.165) is 0 Å². The minimum absolute atomic E-state index is 0.0425. The van der Waals surface area contributed by atoms with Crippen LogP contribution in [-0.2, 0) is 0 Å². The average Bonchev–Trinajstić information content (AvgIpc) is 2.31. The molecule has 3 N–H and O–H groups in total. The van der Waals surface area contributed by atoms with Crippen LogP contribution in [0, 0.1) is 0 Å². The van der Waals surface area contributed by atoms with Gasteiger partial charge < -0.3 is 15.7 Å². The Bertz CT molecular complexity index is 401. The van der Waals surface area contributed by atoms with E-state index in [-0.39, 0.29) is 28.2 Å². The molecule has 0 heterocycles. The van der Waals surface area contributed by atoms with E-state index in [1.165, 1.54) is 17.0 Å². The predicted octanol–water partition coefficient (Wildman–Crippen LogP) is 2.03. The van der Waals surface area contributed by atoms with Gasteiger partial charge in [-0.15, -0.1) is 0 Å². The third-order valence-corrected chi connectivity index (χ3v) is 2.95. The van der Waals surface area contributed by atoms with E-state index in [2.05, 4.69) is 0 Å². The number of hydrogen-bond donors (Lipinski definition) is 2. The largest absolute Gasteiger partial charge is 0.396 e. The molecule has 0 spiro atoms. The molecule has 1 aromatic rings. The number of amides is 1. The molecule has 0 unspecified atom stereocenters. The van der Waals surface area contributed by atoms with Gasteiger partial charge in [0.05, 0.1) is 15.7 Å². The first kappa shape index (κ1) is 14.1. The van der Waals surface area contributed by atoms with Gasteiger partial charge in [-0.1, -0.05) is 23.2 Å². The van der Waals surface area contributed by atoms with Gasteiger partial charge in [0.25, 0.3) is 5.91 Å². The highest BCUT2D eigenvalue weighted by molar-refractivity contribution is 6.39. The van der Waals surface area contributed by atoms with Crippen LogP contribution in [0.4, 0.5) is 5.69 Å².